The van der Waals surface area contributed by atoms with Crippen LogP contribution < -0.4 is 10.3 Å². The topological polar surface area (TPSA) is 75.3 Å². The van der Waals surface area contributed by atoms with E-state index in [2.05, 4.69) is 9.97 Å². The Labute approximate surface area is 150 Å². The van der Waals surface area contributed by atoms with Crippen molar-refractivity contribution in [3.63, 3.8) is 0 Å². The fraction of sp³-hybridized carbons (Fsp3) is 0.250. The molecule has 4 rings (SSSR count). The molecule has 0 atom stereocenters. The molecule has 2 heterocycles. The van der Waals surface area contributed by atoms with Crippen LogP contribution in [0.4, 0.5) is 0 Å². The first-order valence-corrected chi connectivity index (χ1v) is 8.71. The molecule has 0 aliphatic carbocycles. The molecule has 1 fully saturated rings. The van der Waals surface area contributed by atoms with Crippen LogP contribution in [0.2, 0.25) is 0 Å². The number of carbonyl (C=O) groups excluding carboxylic acids is 1. The molecule has 1 aromatic heterocycles. The Morgan fingerprint density at radius 1 is 1.04 bits per heavy atom. The first kappa shape index (κ1) is 16.3. The van der Waals surface area contributed by atoms with E-state index in [1.165, 1.54) is 0 Å². The summed E-state index contributed by atoms with van der Waals surface area (Å²) >= 11 is 0. The lowest BCUT2D eigenvalue weighted by Gasteiger charge is -2.31. The largest absolute Gasteiger partial charge is 0.490 e. The van der Waals surface area contributed by atoms with Gasteiger partial charge >= 0.3 is 0 Å². The standard InChI is InChI=1S/C20H19N3O3/c24-19-16-8-4-5-9-17(16)21-18(22-19)20(25)23-12-10-15(11-13-23)26-14-6-2-1-3-7-14/h1-9,15H,10-13H2,(H,21,22,24). The summed E-state index contributed by atoms with van der Waals surface area (Å²) in [5.74, 6) is 0.694. The van der Waals surface area contributed by atoms with Gasteiger partial charge in [0.05, 0.1) is 10.9 Å². The molecule has 0 spiro atoms. The molecule has 0 bridgehead atoms. The Hall–Kier alpha value is -3.15. The second-order valence-electron chi connectivity index (χ2n) is 6.35. The van der Waals surface area contributed by atoms with E-state index in [1.807, 2.05) is 30.3 Å². The Morgan fingerprint density at radius 2 is 1.73 bits per heavy atom. The average molecular weight is 349 g/mol. The summed E-state index contributed by atoms with van der Waals surface area (Å²) in [4.78, 5) is 33.5. The van der Waals surface area contributed by atoms with Gasteiger partial charge in [0.2, 0.25) is 0 Å². The Kier molecular flexibility index (Phi) is 4.39. The molecular formula is C20H19N3O3. The van der Waals surface area contributed by atoms with E-state index < -0.39 is 0 Å². The number of benzene rings is 2. The second kappa shape index (κ2) is 7.00. The molecule has 0 saturated carbocycles. The maximum atomic E-state index is 12.7. The van der Waals surface area contributed by atoms with Crippen molar-refractivity contribution in [2.24, 2.45) is 0 Å². The van der Waals surface area contributed by atoms with Crippen LogP contribution in [-0.4, -0.2) is 40.0 Å². The van der Waals surface area contributed by atoms with Gasteiger partial charge in [-0.3, -0.25) is 9.59 Å². The van der Waals surface area contributed by atoms with E-state index >= 15 is 0 Å². The van der Waals surface area contributed by atoms with Crippen LogP contribution in [0.1, 0.15) is 23.5 Å². The number of rotatable bonds is 3. The first-order valence-electron chi connectivity index (χ1n) is 8.71. The van der Waals surface area contributed by atoms with Crippen LogP contribution in [0, 0.1) is 0 Å². The number of nitrogens with one attached hydrogen (secondary N) is 1. The third kappa shape index (κ3) is 3.31. The second-order valence-corrected chi connectivity index (χ2v) is 6.35. The monoisotopic (exact) mass is 349 g/mol. The SMILES string of the molecule is O=C(c1nc2ccccc2c(=O)[nH]1)N1CCC(Oc2ccccc2)CC1. The quantitative estimate of drug-likeness (QED) is 0.789. The highest BCUT2D eigenvalue weighted by Crippen LogP contribution is 2.19. The van der Waals surface area contributed by atoms with Gasteiger partial charge in [0.25, 0.3) is 11.5 Å². The molecule has 1 saturated heterocycles. The summed E-state index contributed by atoms with van der Waals surface area (Å²) < 4.78 is 5.95. The van der Waals surface area contributed by atoms with E-state index in [-0.39, 0.29) is 23.4 Å². The molecule has 1 aliphatic heterocycles. The van der Waals surface area contributed by atoms with Gasteiger partial charge in [-0.25, -0.2) is 4.98 Å². The fourth-order valence-corrected chi connectivity index (χ4v) is 3.21. The number of amides is 1. The molecule has 1 amide bonds. The predicted octanol–water partition coefficient (Wildman–Crippen LogP) is 2.61. The van der Waals surface area contributed by atoms with Crippen LogP contribution in [0.25, 0.3) is 10.9 Å². The van der Waals surface area contributed by atoms with Crippen molar-refractivity contribution in [1.82, 2.24) is 14.9 Å². The number of para-hydroxylation sites is 2. The van der Waals surface area contributed by atoms with E-state index in [0.717, 1.165) is 18.6 Å². The van der Waals surface area contributed by atoms with Crippen LogP contribution >= 0.6 is 0 Å². The fourth-order valence-electron chi connectivity index (χ4n) is 3.21. The van der Waals surface area contributed by atoms with Gasteiger partial charge in [0.1, 0.15) is 11.9 Å². The smallest absolute Gasteiger partial charge is 0.289 e. The van der Waals surface area contributed by atoms with Crippen molar-refractivity contribution in [2.75, 3.05) is 13.1 Å². The molecule has 3 aromatic rings. The number of hydrogen-bond acceptors (Lipinski definition) is 4. The van der Waals surface area contributed by atoms with E-state index in [1.54, 1.807) is 29.2 Å². The number of aromatic amines is 1. The number of fused-ring (bicyclic) bond motifs is 1. The number of piperidine rings is 1. The highest BCUT2D eigenvalue weighted by molar-refractivity contribution is 5.92. The molecule has 1 N–H and O–H groups in total. The molecule has 1 aliphatic rings. The number of ether oxygens (including phenoxy) is 1. The number of carbonyl (C=O) groups is 1. The highest BCUT2D eigenvalue weighted by atomic mass is 16.5. The van der Waals surface area contributed by atoms with Gasteiger partial charge in [0, 0.05) is 25.9 Å². The van der Waals surface area contributed by atoms with Gasteiger partial charge in [-0.15, -0.1) is 0 Å². The van der Waals surface area contributed by atoms with Gasteiger partial charge in [-0.05, 0) is 24.3 Å². The Morgan fingerprint density at radius 3 is 2.50 bits per heavy atom. The van der Waals surface area contributed by atoms with Crippen molar-refractivity contribution >= 4 is 16.8 Å². The number of aromatic nitrogens is 2. The molecule has 6 nitrogen and oxygen atoms in total. The van der Waals surface area contributed by atoms with Crippen molar-refractivity contribution in [3.8, 4) is 5.75 Å². The molecule has 0 unspecified atom stereocenters. The molecule has 2 aromatic carbocycles. The normalized spacial score (nSPS) is 15.2. The zero-order valence-electron chi connectivity index (χ0n) is 14.2. The van der Waals surface area contributed by atoms with E-state index in [4.69, 9.17) is 4.74 Å². The van der Waals surface area contributed by atoms with Crippen molar-refractivity contribution in [1.29, 1.82) is 0 Å². The average Bonchev–Trinajstić information content (AvgIpc) is 2.69. The van der Waals surface area contributed by atoms with Crippen LogP contribution in [0.3, 0.4) is 0 Å². The zero-order valence-corrected chi connectivity index (χ0v) is 14.2. The molecular weight excluding hydrogens is 330 g/mol. The molecule has 0 radical (unpaired) electrons. The number of H-pyrrole nitrogens is 1. The van der Waals surface area contributed by atoms with Gasteiger partial charge in [0.15, 0.2) is 5.82 Å². The van der Waals surface area contributed by atoms with E-state index in [0.29, 0.717) is 24.0 Å². The zero-order chi connectivity index (χ0) is 17.9. The Balaban J connectivity index is 1.44. The molecule has 132 valence electrons. The van der Waals surface area contributed by atoms with Gasteiger partial charge < -0.3 is 14.6 Å². The lowest BCUT2D eigenvalue weighted by Crippen LogP contribution is -2.42. The molecule has 6 heteroatoms. The van der Waals surface area contributed by atoms with Gasteiger partial charge in [-0.2, -0.15) is 0 Å². The number of hydrogen-bond donors (Lipinski definition) is 1. The van der Waals surface area contributed by atoms with Gasteiger partial charge in [-0.1, -0.05) is 30.3 Å². The predicted molar refractivity (Wildman–Crippen MR) is 98.4 cm³/mol. The maximum Gasteiger partial charge on any atom is 0.289 e. The summed E-state index contributed by atoms with van der Waals surface area (Å²) in [6.45, 7) is 1.15. The third-order valence-corrected chi connectivity index (χ3v) is 4.59. The summed E-state index contributed by atoms with van der Waals surface area (Å²) in [5.41, 5.74) is 0.239. The van der Waals surface area contributed by atoms with Crippen molar-refractivity contribution < 1.29 is 9.53 Å². The number of nitrogens with zero attached hydrogens (tertiary/aromatic N) is 2. The number of likely N-dealkylation sites (tertiary alicyclic amines) is 1. The van der Waals surface area contributed by atoms with Crippen molar-refractivity contribution in [3.05, 3.63) is 70.8 Å². The lowest BCUT2D eigenvalue weighted by atomic mass is 10.1. The van der Waals surface area contributed by atoms with Crippen LogP contribution in [0.5, 0.6) is 5.75 Å². The lowest BCUT2D eigenvalue weighted by molar-refractivity contribution is 0.0584. The third-order valence-electron chi connectivity index (χ3n) is 4.59. The minimum absolute atomic E-state index is 0.0880. The minimum atomic E-state index is -0.291. The first-order chi connectivity index (χ1) is 12.7. The van der Waals surface area contributed by atoms with Crippen molar-refractivity contribution in [2.45, 2.75) is 18.9 Å². The summed E-state index contributed by atoms with van der Waals surface area (Å²) in [6.07, 6.45) is 1.58. The van der Waals surface area contributed by atoms with E-state index in [9.17, 15) is 9.59 Å². The Bertz CT molecular complexity index is 976. The maximum absolute atomic E-state index is 12.7. The summed E-state index contributed by atoms with van der Waals surface area (Å²) in [6, 6.07) is 16.7. The van der Waals surface area contributed by atoms with Crippen LogP contribution in [0.15, 0.2) is 59.4 Å². The van der Waals surface area contributed by atoms with Crippen LogP contribution in [-0.2, 0) is 0 Å². The minimum Gasteiger partial charge on any atom is -0.490 e. The summed E-state index contributed by atoms with van der Waals surface area (Å²) in [7, 11) is 0. The molecule has 26 heavy (non-hydrogen) atoms. The summed E-state index contributed by atoms with van der Waals surface area (Å²) in [5, 5.41) is 0.485. The highest BCUT2D eigenvalue weighted by Gasteiger charge is 2.26.